The van der Waals surface area contributed by atoms with Gasteiger partial charge in [-0.3, -0.25) is 4.68 Å². The maximum absolute atomic E-state index is 6.37. The highest BCUT2D eigenvalue weighted by molar-refractivity contribution is 6.34. The lowest BCUT2D eigenvalue weighted by atomic mass is 10.1. The van der Waals surface area contributed by atoms with Crippen LogP contribution in [0.3, 0.4) is 0 Å². The minimum Gasteiger partial charge on any atom is -0.489 e. The van der Waals surface area contributed by atoms with E-state index < -0.39 is 0 Å². The van der Waals surface area contributed by atoms with Crippen LogP contribution < -0.4 is 9.47 Å². The molecule has 12 nitrogen and oxygen atoms in total. The molecule has 0 saturated heterocycles. The lowest BCUT2D eigenvalue weighted by Crippen LogP contribution is -2.05. The first-order chi connectivity index (χ1) is 30.3. The van der Waals surface area contributed by atoms with E-state index in [1.54, 1.807) is 23.7 Å². The van der Waals surface area contributed by atoms with Crippen molar-refractivity contribution in [3.8, 4) is 11.5 Å². The highest BCUT2D eigenvalue weighted by Gasteiger charge is 2.20. The number of aromatic nitrogens is 10. The molecule has 0 bridgehead atoms. The van der Waals surface area contributed by atoms with E-state index in [-0.39, 0.29) is 0 Å². The molecule has 12 rings (SSSR count). The van der Waals surface area contributed by atoms with Crippen LogP contribution in [-0.4, -0.2) is 62.7 Å². The van der Waals surface area contributed by atoms with Gasteiger partial charge >= 0.3 is 0 Å². The minimum absolute atomic E-state index is 0.542. The summed E-state index contributed by atoms with van der Waals surface area (Å²) in [5, 5.41) is 23.2. The van der Waals surface area contributed by atoms with Gasteiger partial charge in [-0.05, 0) is 91.3 Å². The molecule has 0 aliphatic heterocycles. The van der Waals surface area contributed by atoms with E-state index in [1.165, 1.54) is 6.33 Å². The van der Waals surface area contributed by atoms with Gasteiger partial charge in [0.25, 0.3) is 0 Å². The lowest BCUT2D eigenvalue weighted by Gasteiger charge is -2.09. The molecule has 0 amide bonds. The van der Waals surface area contributed by atoms with Gasteiger partial charge in [0.05, 0.1) is 35.3 Å². The van der Waals surface area contributed by atoms with Crippen LogP contribution in [0.4, 0.5) is 0 Å². The molecule has 62 heavy (non-hydrogen) atoms. The van der Waals surface area contributed by atoms with Crippen molar-refractivity contribution in [1.82, 2.24) is 49.5 Å². The van der Waals surface area contributed by atoms with Gasteiger partial charge in [0.1, 0.15) is 25.3 Å². The Bertz CT molecular complexity index is 3180. The number of nitrogens with one attached hydrogen (secondary N) is 4. The Balaban J connectivity index is 0.000000139. The quantitative estimate of drug-likeness (QED) is 0.101. The molecular weight excluding hydrogens is 866 g/mol. The van der Waals surface area contributed by atoms with Crippen molar-refractivity contribution in [2.45, 2.75) is 25.9 Å². The molecule has 0 radical (unpaired) electrons. The van der Waals surface area contributed by atoms with Gasteiger partial charge < -0.3 is 34.0 Å². The molecule has 0 spiro atoms. The first-order valence-electron chi connectivity index (χ1n) is 19.9. The molecule has 0 unspecified atom stereocenters. The number of ether oxygens (including phenoxy) is 2. The smallest absolute Gasteiger partial charge is 0.167 e. The number of hydrogen-bond acceptors (Lipinski definition) is 6. The van der Waals surface area contributed by atoms with Crippen LogP contribution >= 0.6 is 46.4 Å². The normalized spacial score (nSPS) is 11.9. The lowest BCUT2D eigenvalue weighted by molar-refractivity contribution is 0.304. The summed E-state index contributed by atoms with van der Waals surface area (Å²) < 4.78 is 16.5. The van der Waals surface area contributed by atoms with Crippen LogP contribution in [0.2, 0.25) is 20.1 Å². The summed E-state index contributed by atoms with van der Waals surface area (Å²) in [5.74, 6) is 1.60. The number of halogens is 4. The van der Waals surface area contributed by atoms with Gasteiger partial charge in [-0.1, -0.05) is 46.4 Å². The Kier molecular flexibility index (Phi) is 9.80. The summed E-state index contributed by atoms with van der Waals surface area (Å²) in [6.07, 6.45) is 8.30. The molecule has 0 atom stereocenters. The average Bonchev–Trinajstić information content (AvgIpc) is 4.14. The first kappa shape index (κ1) is 38.5. The number of aromatic amines is 4. The van der Waals surface area contributed by atoms with Gasteiger partial charge in [-0.15, -0.1) is 10.2 Å². The predicted molar refractivity (Wildman–Crippen MR) is 251 cm³/mol. The molecule has 6 aromatic carbocycles. The zero-order chi connectivity index (χ0) is 41.9. The van der Waals surface area contributed by atoms with E-state index >= 15 is 0 Å². The third-order valence-electron chi connectivity index (χ3n) is 11.2. The van der Waals surface area contributed by atoms with Gasteiger partial charge in [0.2, 0.25) is 0 Å². The third-order valence-corrected chi connectivity index (χ3v) is 12.1. The average molecular weight is 901 g/mol. The van der Waals surface area contributed by atoms with E-state index in [1.807, 2.05) is 77.4 Å². The number of benzene rings is 6. The molecule has 6 aromatic heterocycles. The molecule has 0 saturated carbocycles. The van der Waals surface area contributed by atoms with E-state index in [2.05, 4.69) is 52.3 Å². The zero-order valence-electron chi connectivity index (χ0n) is 32.6. The van der Waals surface area contributed by atoms with Crippen molar-refractivity contribution in [1.29, 1.82) is 0 Å². The fraction of sp³-hybridized carbons (Fsp3) is 0.130. The maximum atomic E-state index is 6.37. The fourth-order valence-electron chi connectivity index (χ4n) is 8.39. The van der Waals surface area contributed by atoms with Crippen LogP contribution in [-0.2, 0) is 13.1 Å². The molecule has 308 valence electrons. The summed E-state index contributed by atoms with van der Waals surface area (Å²) in [6, 6.07) is 27.8. The second-order valence-electron chi connectivity index (χ2n) is 15.1. The Morgan fingerprint density at radius 3 is 1.21 bits per heavy atom. The van der Waals surface area contributed by atoms with Crippen LogP contribution in [0.15, 0.2) is 110 Å². The predicted octanol–water partition coefficient (Wildman–Crippen LogP) is 12.6. The number of aryl methyl sites for hydroxylation is 2. The number of nitrogens with zero attached hydrogens (tertiary/aromatic N) is 6. The topological polar surface area (TPSA) is 143 Å². The van der Waals surface area contributed by atoms with E-state index in [0.29, 0.717) is 33.3 Å². The molecule has 6 heterocycles. The summed E-state index contributed by atoms with van der Waals surface area (Å²) in [4.78, 5) is 18.1. The highest BCUT2D eigenvalue weighted by atomic mass is 35.5. The van der Waals surface area contributed by atoms with E-state index in [9.17, 15) is 0 Å². The Hall–Kier alpha value is -6.44. The molecule has 16 heteroatoms. The molecule has 4 N–H and O–H groups in total. The van der Waals surface area contributed by atoms with Gasteiger partial charge in [0, 0.05) is 105 Å². The number of fused-ring (bicyclic) bond motifs is 12. The summed E-state index contributed by atoms with van der Waals surface area (Å²) in [7, 11) is 0. The zero-order valence-corrected chi connectivity index (χ0v) is 35.7. The van der Waals surface area contributed by atoms with Crippen molar-refractivity contribution >= 4 is 134 Å². The minimum atomic E-state index is 0.542. The second-order valence-corrected chi connectivity index (χ2v) is 16.9. The standard InChI is InChI=1S/2C23H17Cl2N5O/c24-13-2-4-19-15(8-13)17-10-18-16-9-14(25)3-5-20(16)29-22(18)23(21(17)28-19)31-7-1-6-30-11-26-27-12-30;24-13-2-4-19-15(8-13)17-10-18-16-9-14(25)3-5-20(16)29-22(18)23(21(17)28-19)31-7-1-6-30-12-26-11-27-30/h2*2-5,8-12,28-29H,1,6-7H2. The van der Waals surface area contributed by atoms with Crippen molar-refractivity contribution in [3.63, 3.8) is 0 Å². The largest absolute Gasteiger partial charge is 0.489 e. The highest BCUT2D eigenvalue weighted by Crippen LogP contribution is 2.43. The summed E-state index contributed by atoms with van der Waals surface area (Å²) in [5.41, 5.74) is 7.86. The van der Waals surface area contributed by atoms with Gasteiger partial charge in [-0.25, -0.2) is 4.98 Å². The first-order valence-corrected chi connectivity index (χ1v) is 21.5. The number of rotatable bonds is 10. The van der Waals surface area contributed by atoms with Crippen molar-refractivity contribution < 1.29 is 9.47 Å². The van der Waals surface area contributed by atoms with Crippen molar-refractivity contribution in [3.05, 3.63) is 130 Å². The maximum Gasteiger partial charge on any atom is 0.167 e. The summed E-state index contributed by atoms with van der Waals surface area (Å²) in [6.45, 7) is 2.62. The number of hydrogen-bond donors (Lipinski definition) is 4. The number of H-pyrrole nitrogens is 4. The van der Waals surface area contributed by atoms with Gasteiger partial charge in [0.15, 0.2) is 11.5 Å². The van der Waals surface area contributed by atoms with Crippen LogP contribution in [0.5, 0.6) is 11.5 Å². The Morgan fingerprint density at radius 2 is 0.839 bits per heavy atom. The third kappa shape index (κ3) is 6.98. The van der Waals surface area contributed by atoms with Gasteiger partial charge in [-0.2, -0.15) is 5.10 Å². The van der Waals surface area contributed by atoms with Crippen molar-refractivity contribution in [2.24, 2.45) is 0 Å². The van der Waals surface area contributed by atoms with E-state index in [0.717, 1.165) is 125 Å². The molecule has 0 aliphatic rings. The van der Waals surface area contributed by atoms with Crippen LogP contribution in [0, 0.1) is 0 Å². The Labute approximate surface area is 371 Å². The molecule has 12 aromatic rings. The Morgan fingerprint density at radius 1 is 0.452 bits per heavy atom. The van der Waals surface area contributed by atoms with Crippen LogP contribution in [0.1, 0.15) is 12.8 Å². The SMILES string of the molecule is Clc1ccc2[nH]c3c(OCCCn4cncn4)c4[nH]c5ccc(Cl)cc5c4cc3c2c1.Clc1ccc2[nH]c3c(OCCCn4cnnc4)c4[nH]c5ccc(Cl)cc5c4cc3c2c1. The second kappa shape index (κ2) is 15.8. The molecule has 0 aliphatic carbocycles. The van der Waals surface area contributed by atoms with Crippen LogP contribution in [0.25, 0.3) is 87.2 Å². The van der Waals surface area contributed by atoms with E-state index in [4.69, 9.17) is 55.9 Å². The molecule has 0 fully saturated rings. The monoisotopic (exact) mass is 898 g/mol. The molecular formula is C46H34Cl4N10O2. The fourth-order valence-corrected chi connectivity index (χ4v) is 9.08. The van der Waals surface area contributed by atoms with Crippen molar-refractivity contribution in [2.75, 3.05) is 13.2 Å². The summed E-state index contributed by atoms with van der Waals surface area (Å²) >= 11 is 25.2.